The van der Waals surface area contributed by atoms with Crippen molar-refractivity contribution in [2.75, 3.05) is 31.9 Å². The lowest BCUT2D eigenvalue weighted by Gasteiger charge is -2.34. The summed E-state index contributed by atoms with van der Waals surface area (Å²) in [5.41, 5.74) is 4.13. The third-order valence-electron chi connectivity index (χ3n) is 4.55. The summed E-state index contributed by atoms with van der Waals surface area (Å²) in [5, 5.41) is 4.87. The number of hydrogen-bond acceptors (Lipinski definition) is 6. The number of amides is 1. The van der Waals surface area contributed by atoms with Crippen LogP contribution in [0.3, 0.4) is 0 Å². The third kappa shape index (κ3) is 4.11. The highest BCUT2D eigenvalue weighted by Crippen LogP contribution is 2.24. The number of carbonyl (C=O) groups is 1. The van der Waals surface area contributed by atoms with E-state index in [0.717, 1.165) is 49.4 Å². The normalized spacial score (nSPS) is 15.7. The SMILES string of the molecule is Cc1ccc2oc(SCC(=O)N3CCN(Cc4ccsc4)CC3)nc2c1. The molecule has 1 aliphatic rings. The molecule has 7 heteroatoms. The minimum absolute atomic E-state index is 0.156. The van der Waals surface area contributed by atoms with E-state index in [-0.39, 0.29) is 5.91 Å². The number of rotatable bonds is 5. The average molecular weight is 388 g/mol. The lowest BCUT2D eigenvalue weighted by molar-refractivity contribution is -0.130. The predicted molar refractivity (Wildman–Crippen MR) is 106 cm³/mol. The van der Waals surface area contributed by atoms with Crippen LogP contribution < -0.4 is 0 Å². The first-order chi connectivity index (χ1) is 12.7. The summed E-state index contributed by atoms with van der Waals surface area (Å²) in [6, 6.07) is 8.09. The summed E-state index contributed by atoms with van der Waals surface area (Å²) in [6.07, 6.45) is 0. The summed E-state index contributed by atoms with van der Waals surface area (Å²) < 4.78 is 5.71. The van der Waals surface area contributed by atoms with E-state index < -0.39 is 0 Å². The zero-order valence-electron chi connectivity index (χ0n) is 14.7. The molecule has 4 rings (SSSR count). The highest BCUT2D eigenvalue weighted by molar-refractivity contribution is 7.99. The molecular formula is C19H21N3O2S2. The second kappa shape index (κ2) is 7.82. The predicted octanol–water partition coefficient (Wildman–Crippen LogP) is 3.63. The van der Waals surface area contributed by atoms with E-state index in [1.54, 1.807) is 11.3 Å². The molecule has 2 aromatic heterocycles. The molecule has 0 spiro atoms. The number of carbonyl (C=O) groups excluding carboxylic acids is 1. The fraction of sp³-hybridized carbons (Fsp3) is 0.368. The molecule has 0 saturated carbocycles. The van der Waals surface area contributed by atoms with Gasteiger partial charge in [0.05, 0.1) is 5.75 Å². The van der Waals surface area contributed by atoms with Crippen molar-refractivity contribution < 1.29 is 9.21 Å². The van der Waals surface area contributed by atoms with Crippen molar-refractivity contribution >= 4 is 40.1 Å². The first-order valence-corrected chi connectivity index (χ1v) is 10.6. The Balaban J connectivity index is 1.27. The molecule has 0 radical (unpaired) electrons. The van der Waals surface area contributed by atoms with E-state index in [0.29, 0.717) is 11.0 Å². The number of thioether (sulfide) groups is 1. The van der Waals surface area contributed by atoms with Crippen LogP contribution in [0.25, 0.3) is 11.1 Å². The maximum Gasteiger partial charge on any atom is 0.257 e. The van der Waals surface area contributed by atoms with Gasteiger partial charge in [-0.2, -0.15) is 11.3 Å². The monoisotopic (exact) mass is 387 g/mol. The van der Waals surface area contributed by atoms with Crippen LogP contribution in [0.2, 0.25) is 0 Å². The standard InChI is InChI=1S/C19H21N3O2S2/c1-14-2-3-17-16(10-14)20-19(24-17)26-13-18(23)22-7-5-21(6-8-22)11-15-4-9-25-12-15/h2-4,9-10,12H,5-8,11,13H2,1H3. The molecule has 1 aromatic carbocycles. The molecule has 0 N–H and O–H groups in total. The first-order valence-electron chi connectivity index (χ1n) is 8.68. The Labute approximate surface area is 161 Å². The fourth-order valence-electron chi connectivity index (χ4n) is 3.09. The molecule has 136 valence electrons. The molecule has 1 saturated heterocycles. The molecule has 5 nitrogen and oxygen atoms in total. The highest BCUT2D eigenvalue weighted by atomic mass is 32.2. The van der Waals surface area contributed by atoms with Gasteiger partial charge >= 0.3 is 0 Å². The van der Waals surface area contributed by atoms with E-state index in [4.69, 9.17) is 4.42 Å². The van der Waals surface area contributed by atoms with Crippen LogP contribution in [0, 0.1) is 6.92 Å². The largest absolute Gasteiger partial charge is 0.431 e. The minimum atomic E-state index is 0.156. The molecule has 3 heterocycles. The number of oxazole rings is 1. The van der Waals surface area contributed by atoms with Gasteiger partial charge in [0, 0.05) is 32.7 Å². The number of benzene rings is 1. The van der Waals surface area contributed by atoms with E-state index in [9.17, 15) is 4.79 Å². The molecule has 1 amide bonds. The molecule has 0 atom stereocenters. The summed E-state index contributed by atoms with van der Waals surface area (Å²) in [6.45, 7) is 6.43. The Kier molecular flexibility index (Phi) is 5.28. The smallest absolute Gasteiger partial charge is 0.257 e. The van der Waals surface area contributed by atoms with Crippen molar-refractivity contribution in [3.63, 3.8) is 0 Å². The molecule has 1 aliphatic heterocycles. The quantitative estimate of drug-likeness (QED) is 0.626. The number of aromatic nitrogens is 1. The maximum atomic E-state index is 12.5. The Morgan fingerprint density at radius 1 is 1.27 bits per heavy atom. The van der Waals surface area contributed by atoms with Gasteiger partial charge in [0.25, 0.3) is 5.22 Å². The fourth-order valence-corrected chi connectivity index (χ4v) is 4.49. The molecule has 3 aromatic rings. The van der Waals surface area contributed by atoms with E-state index in [1.807, 2.05) is 30.0 Å². The van der Waals surface area contributed by atoms with Crippen molar-refractivity contribution in [1.29, 1.82) is 0 Å². The molecule has 0 bridgehead atoms. The Morgan fingerprint density at radius 3 is 2.88 bits per heavy atom. The number of nitrogens with zero attached hydrogens (tertiary/aromatic N) is 3. The van der Waals surface area contributed by atoms with Crippen LogP contribution in [-0.4, -0.2) is 52.6 Å². The zero-order chi connectivity index (χ0) is 17.9. The van der Waals surface area contributed by atoms with Gasteiger partial charge in [-0.05, 0) is 47.0 Å². The topological polar surface area (TPSA) is 49.6 Å². The van der Waals surface area contributed by atoms with E-state index >= 15 is 0 Å². The van der Waals surface area contributed by atoms with Crippen LogP contribution in [0.5, 0.6) is 0 Å². The minimum Gasteiger partial charge on any atom is -0.431 e. The highest BCUT2D eigenvalue weighted by Gasteiger charge is 2.21. The van der Waals surface area contributed by atoms with Crippen LogP contribution >= 0.6 is 23.1 Å². The summed E-state index contributed by atoms with van der Waals surface area (Å²) in [5.74, 6) is 0.527. The van der Waals surface area contributed by atoms with Gasteiger partial charge in [0.15, 0.2) is 5.58 Å². The van der Waals surface area contributed by atoms with Crippen molar-refractivity contribution in [2.45, 2.75) is 18.7 Å². The van der Waals surface area contributed by atoms with Crippen molar-refractivity contribution in [1.82, 2.24) is 14.8 Å². The maximum absolute atomic E-state index is 12.5. The lowest BCUT2D eigenvalue weighted by atomic mass is 10.2. The second-order valence-electron chi connectivity index (χ2n) is 6.53. The number of fused-ring (bicyclic) bond motifs is 1. The third-order valence-corrected chi connectivity index (χ3v) is 6.10. The lowest BCUT2D eigenvalue weighted by Crippen LogP contribution is -2.48. The summed E-state index contributed by atoms with van der Waals surface area (Å²) in [4.78, 5) is 21.3. The molecule has 26 heavy (non-hydrogen) atoms. The van der Waals surface area contributed by atoms with Gasteiger partial charge < -0.3 is 9.32 Å². The molecule has 0 unspecified atom stereocenters. The van der Waals surface area contributed by atoms with Crippen LogP contribution in [0.4, 0.5) is 0 Å². The Morgan fingerprint density at radius 2 is 2.12 bits per heavy atom. The number of aryl methyl sites for hydroxylation is 1. The van der Waals surface area contributed by atoms with Crippen LogP contribution in [0.1, 0.15) is 11.1 Å². The Hall–Kier alpha value is -1.83. The van der Waals surface area contributed by atoms with E-state index in [1.165, 1.54) is 17.3 Å². The van der Waals surface area contributed by atoms with Gasteiger partial charge in [-0.3, -0.25) is 9.69 Å². The van der Waals surface area contributed by atoms with Gasteiger partial charge in [-0.15, -0.1) is 0 Å². The number of piperazine rings is 1. The first kappa shape index (κ1) is 17.6. The van der Waals surface area contributed by atoms with Crippen molar-refractivity contribution in [3.8, 4) is 0 Å². The summed E-state index contributed by atoms with van der Waals surface area (Å²) in [7, 11) is 0. The molecule has 1 fully saturated rings. The average Bonchev–Trinajstić information content (AvgIpc) is 3.29. The van der Waals surface area contributed by atoms with Gasteiger partial charge in [0.2, 0.25) is 5.91 Å². The summed E-state index contributed by atoms with van der Waals surface area (Å²) >= 11 is 3.11. The zero-order valence-corrected chi connectivity index (χ0v) is 16.3. The van der Waals surface area contributed by atoms with Gasteiger partial charge in [-0.25, -0.2) is 4.98 Å². The molecular weight excluding hydrogens is 366 g/mol. The number of hydrogen-bond donors (Lipinski definition) is 0. The van der Waals surface area contributed by atoms with Crippen LogP contribution in [-0.2, 0) is 11.3 Å². The van der Waals surface area contributed by atoms with Crippen LogP contribution in [0.15, 0.2) is 44.7 Å². The number of thiophene rings is 1. The second-order valence-corrected chi connectivity index (χ2v) is 8.23. The molecule has 0 aliphatic carbocycles. The van der Waals surface area contributed by atoms with Crippen molar-refractivity contribution in [2.24, 2.45) is 0 Å². The van der Waals surface area contributed by atoms with Gasteiger partial charge in [-0.1, -0.05) is 17.8 Å². The van der Waals surface area contributed by atoms with E-state index in [2.05, 4.69) is 26.7 Å². The Bertz CT molecular complexity index is 883. The van der Waals surface area contributed by atoms with Gasteiger partial charge in [0.1, 0.15) is 5.52 Å². The van der Waals surface area contributed by atoms with Crippen molar-refractivity contribution in [3.05, 3.63) is 46.2 Å².